The van der Waals surface area contributed by atoms with E-state index in [2.05, 4.69) is 25.9 Å². The minimum absolute atomic E-state index is 0.0814. The first-order chi connectivity index (χ1) is 10.4. The van der Waals surface area contributed by atoms with Crippen molar-refractivity contribution in [3.63, 3.8) is 0 Å². The Morgan fingerprint density at radius 2 is 2.00 bits per heavy atom. The second-order valence-corrected chi connectivity index (χ2v) is 6.82. The molecule has 0 bridgehead atoms. The van der Waals surface area contributed by atoms with Crippen molar-refractivity contribution in [2.75, 3.05) is 0 Å². The molecule has 0 unspecified atom stereocenters. The third kappa shape index (κ3) is 2.47. The van der Waals surface area contributed by atoms with Crippen molar-refractivity contribution in [2.24, 2.45) is 5.41 Å². The number of nitrogens with zero attached hydrogens (tertiary/aromatic N) is 2. The Morgan fingerprint density at radius 3 is 2.68 bits per heavy atom. The molecule has 2 aromatic rings. The van der Waals surface area contributed by atoms with E-state index in [1.54, 1.807) is 22.9 Å². The molecule has 1 aromatic heterocycles. The highest BCUT2D eigenvalue weighted by Crippen LogP contribution is 2.36. The maximum absolute atomic E-state index is 14.2. The van der Waals surface area contributed by atoms with Crippen LogP contribution in [0.4, 0.5) is 4.39 Å². The molecule has 0 aliphatic heterocycles. The number of benzene rings is 1. The summed E-state index contributed by atoms with van der Waals surface area (Å²) < 4.78 is 15.8. The lowest BCUT2D eigenvalue weighted by Crippen LogP contribution is -2.27. The van der Waals surface area contributed by atoms with E-state index in [9.17, 15) is 9.18 Å². The molecule has 3 nitrogen and oxygen atoms in total. The summed E-state index contributed by atoms with van der Waals surface area (Å²) in [5.74, 6) is -0.177. The van der Waals surface area contributed by atoms with Gasteiger partial charge >= 0.3 is 0 Å². The molecule has 116 valence electrons. The first-order valence-electron chi connectivity index (χ1n) is 7.82. The van der Waals surface area contributed by atoms with Crippen LogP contribution in [0.3, 0.4) is 0 Å². The first kappa shape index (κ1) is 14.9. The summed E-state index contributed by atoms with van der Waals surface area (Å²) in [6.07, 6.45) is 2.90. The Labute approximate surface area is 130 Å². The van der Waals surface area contributed by atoms with Gasteiger partial charge in [0.25, 0.3) is 0 Å². The number of halogens is 1. The molecular weight excluding hydrogens is 279 g/mol. The van der Waals surface area contributed by atoms with Gasteiger partial charge in [-0.1, -0.05) is 39.3 Å². The van der Waals surface area contributed by atoms with E-state index in [1.807, 2.05) is 0 Å². The second-order valence-electron chi connectivity index (χ2n) is 6.82. The van der Waals surface area contributed by atoms with Crippen molar-refractivity contribution in [1.29, 1.82) is 0 Å². The number of carbonyl (C=O) groups excluding carboxylic acids is 1. The van der Waals surface area contributed by atoms with Crippen molar-refractivity contribution in [1.82, 2.24) is 9.78 Å². The van der Waals surface area contributed by atoms with Crippen molar-refractivity contribution >= 4 is 5.78 Å². The third-order valence-electron chi connectivity index (χ3n) is 4.18. The summed E-state index contributed by atoms with van der Waals surface area (Å²) in [4.78, 5) is 12.6. The molecular formula is C18H21FN2O. The summed E-state index contributed by atoms with van der Waals surface area (Å²) >= 11 is 0. The number of ketones is 1. The molecule has 0 atom stereocenters. The van der Waals surface area contributed by atoms with Crippen LogP contribution in [0, 0.1) is 11.2 Å². The zero-order chi connectivity index (χ0) is 15.9. The minimum Gasteiger partial charge on any atom is -0.294 e. The number of Topliss-reactive ketones (excluding diaryl/α,β-unsaturated/α-hetero) is 1. The maximum Gasteiger partial charge on any atom is 0.167 e. The molecule has 0 spiro atoms. The Balaban J connectivity index is 2.21. The minimum atomic E-state index is -0.314. The molecule has 4 heteroatoms. The number of rotatable bonds is 3. The van der Waals surface area contributed by atoms with Gasteiger partial charge in [0.15, 0.2) is 5.78 Å². The zero-order valence-corrected chi connectivity index (χ0v) is 13.3. The monoisotopic (exact) mass is 300 g/mol. The molecule has 0 saturated heterocycles. The fourth-order valence-corrected chi connectivity index (χ4v) is 3.28. The van der Waals surface area contributed by atoms with E-state index < -0.39 is 0 Å². The largest absolute Gasteiger partial charge is 0.294 e. The highest BCUT2D eigenvalue weighted by Gasteiger charge is 2.36. The van der Waals surface area contributed by atoms with Crippen LogP contribution >= 0.6 is 0 Å². The fourth-order valence-electron chi connectivity index (χ4n) is 3.28. The Bertz CT molecular complexity index is 731. The molecule has 1 aliphatic rings. The van der Waals surface area contributed by atoms with Crippen LogP contribution in [0.25, 0.3) is 5.69 Å². The van der Waals surface area contributed by atoms with E-state index in [-0.39, 0.29) is 17.0 Å². The van der Waals surface area contributed by atoms with Crippen LogP contribution in [-0.2, 0) is 12.8 Å². The summed E-state index contributed by atoms with van der Waals surface area (Å²) in [7, 11) is 0. The summed E-state index contributed by atoms with van der Waals surface area (Å²) in [6.45, 7) is 6.22. The van der Waals surface area contributed by atoms with Crippen LogP contribution in [-0.4, -0.2) is 15.6 Å². The van der Waals surface area contributed by atoms with Gasteiger partial charge in [-0.05, 0) is 30.4 Å². The number of para-hydroxylation sites is 1. The number of fused-ring (bicyclic) bond motifs is 1. The highest BCUT2D eigenvalue weighted by molar-refractivity contribution is 6.00. The van der Waals surface area contributed by atoms with E-state index in [0.717, 1.165) is 36.2 Å². The molecule has 1 heterocycles. The van der Waals surface area contributed by atoms with Gasteiger partial charge < -0.3 is 0 Å². The third-order valence-corrected chi connectivity index (χ3v) is 4.18. The van der Waals surface area contributed by atoms with E-state index in [1.165, 1.54) is 6.07 Å². The quantitative estimate of drug-likeness (QED) is 0.854. The topological polar surface area (TPSA) is 34.9 Å². The van der Waals surface area contributed by atoms with Crippen LogP contribution in [0.2, 0.25) is 0 Å². The fraction of sp³-hybridized carbons (Fsp3) is 0.444. The normalized spacial score (nSPS) is 16.6. The van der Waals surface area contributed by atoms with Crippen molar-refractivity contribution < 1.29 is 9.18 Å². The van der Waals surface area contributed by atoms with Crippen LogP contribution in [0.1, 0.15) is 55.4 Å². The van der Waals surface area contributed by atoms with Gasteiger partial charge in [0.05, 0.1) is 17.0 Å². The van der Waals surface area contributed by atoms with E-state index in [4.69, 9.17) is 0 Å². The molecule has 0 radical (unpaired) electrons. The molecule has 22 heavy (non-hydrogen) atoms. The maximum atomic E-state index is 14.2. The molecule has 0 saturated carbocycles. The first-order valence-corrected chi connectivity index (χ1v) is 7.82. The van der Waals surface area contributed by atoms with Gasteiger partial charge in [-0.15, -0.1) is 0 Å². The number of hydrogen-bond acceptors (Lipinski definition) is 2. The molecule has 3 rings (SSSR count). The lowest BCUT2D eigenvalue weighted by Gasteiger charge is -2.27. The lowest BCUT2D eigenvalue weighted by molar-refractivity contribution is 0.0911. The van der Waals surface area contributed by atoms with Gasteiger partial charge in [0.2, 0.25) is 0 Å². The summed E-state index contributed by atoms with van der Waals surface area (Å²) in [5, 5.41) is 4.60. The van der Waals surface area contributed by atoms with Crippen molar-refractivity contribution in [2.45, 2.75) is 46.5 Å². The van der Waals surface area contributed by atoms with Crippen LogP contribution in [0.15, 0.2) is 24.3 Å². The molecule has 0 fully saturated rings. The smallest absolute Gasteiger partial charge is 0.167 e. The average Bonchev–Trinajstić information content (AvgIpc) is 2.77. The van der Waals surface area contributed by atoms with Crippen molar-refractivity contribution in [3.05, 3.63) is 47.0 Å². The standard InChI is InChI=1S/C18H21FN2O/c1-4-7-15-17-13(10-18(2,3)11-16(17)22)20-21(15)14-9-6-5-8-12(14)19/h5-6,8-9H,4,7,10-11H2,1-3H3. The second kappa shape index (κ2) is 5.34. The Morgan fingerprint density at radius 1 is 1.27 bits per heavy atom. The molecule has 1 aromatic carbocycles. The number of aromatic nitrogens is 2. The zero-order valence-electron chi connectivity index (χ0n) is 13.3. The van der Waals surface area contributed by atoms with Gasteiger partial charge in [-0.25, -0.2) is 9.07 Å². The summed E-state index contributed by atoms with van der Waals surface area (Å²) in [5.41, 5.74) is 2.73. The van der Waals surface area contributed by atoms with Gasteiger partial charge in [-0.3, -0.25) is 4.79 Å². The van der Waals surface area contributed by atoms with Crippen LogP contribution in [0.5, 0.6) is 0 Å². The highest BCUT2D eigenvalue weighted by atomic mass is 19.1. The van der Waals surface area contributed by atoms with Gasteiger partial charge in [0.1, 0.15) is 11.5 Å². The predicted molar refractivity (Wildman–Crippen MR) is 83.9 cm³/mol. The van der Waals surface area contributed by atoms with E-state index >= 15 is 0 Å². The molecule has 0 amide bonds. The Hall–Kier alpha value is -1.97. The summed E-state index contributed by atoms with van der Waals surface area (Å²) in [6, 6.07) is 6.59. The average molecular weight is 300 g/mol. The van der Waals surface area contributed by atoms with Gasteiger partial charge in [-0.2, -0.15) is 5.10 Å². The number of hydrogen-bond donors (Lipinski definition) is 0. The Kier molecular flexibility index (Phi) is 3.63. The molecule has 1 aliphatic carbocycles. The SMILES string of the molecule is CCCc1c2c(nn1-c1ccccc1F)CC(C)(C)CC2=O. The molecule has 0 N–H and O–H groups in total. The van der Waals surface area contributed by atoms with Gasteiger partial charge in [0, 0.05) is 6.42 Å². The van der Waals surface area contributed by atoms with Crippen LogP contribution < -0.4 is 0 Å². The van der Waals surface area contributed by atoms with E-state index in [0.29, 0.717) is 12.1 Å². The van der Waals surface area contributed by atoms with Crippen molar-refractivity contribution in [3.8, 4) is 5.69 Å². The number of carbonyl (C=O) groups is 1. The lowest BCUT2D eigenvalue weighted by atomic mass is 9.75. The predicted octanol–water partition coefficient (Wildman–Crippen LogP) is 4.12.